The molecule has 0 saturated carbocycles. The molecule has 2 heterocycles. The number of piperazine rings is 1. The molecule has 19 heavy (non-hydrogen) atoms. The molecular weight excluding hydrogens is 272 g/mol. The van der Waals surface area contributed by atoms with Crippen molar-refractivity contribution < 1.29 is 18.3 Å². The number of aliphatic carboxylic acids is 1. The predicted octanol–water partition coefficient (Wildman–Crippen LogP) is -1.17. The Balaban J connectivity index is 2.37. The molecule has 1 saturated heterocycles. The number of aromatic nitrogens is 2. The third-order valence-corrected chi connectivity index (χ3v) is 4.63. The van der Waals surface area contributed by atoms with Gasteiger partial charge in [0.1, 0.15) is 6.04 Å². The largest absolute Gasteiger partial charge is 0.480 e. The molecule has 1 fully saturated rings. The second kappa shape index (κ2) is 5.19. The van der Waals surface area contributed by atoms with Crippen LogP contribution in [0.3, 0.4) is 0 Å². The van der Waals surface area contributed by atoms with Crippen molar-refractivity contribution >= 4 is 16.0 Å². The number of aryl methyl sites for hydroxylation is 1. The fourth-order valence-electron chi connectivity index (χ4n) is 1.83. The predicted molar refractivity (Wildman–Crippen MR) is 65.0 cm³/mol. The minimum absolute atomic E-state index is 0.0772. The van der Waals surface area contributed by atoms with Gasteiger partial charge in [-0.15, -0.1) is 5.10 Å². The van der Waals surface area contributed by atoms with Crippen LogP contribution in [-0.2, 0) is 14.8 Å². The van der Waals surface area contributed by atoms with E-state index in [1.807, 2.05) is 0 Å². The number of hydrogen-bond donors (Lipinski definition) is 2. The van der Waals surface area contributed by atoms with Crippen LogP contribution in [0.4, 0.5) is 0 Å². The van der Waals surface area contributed by atoms with Gasteiger partial charge in [-0.1, -0.05) is 0 Å². The lowest BCUT2D eigenvalue weighted by Crippen LogP contribution is -2.56. The van der Waals surface area contributed by atoms with Crippen LogP contribution in [0.25, 0.3) is 0 Å². The number of carboxylic acid groups (broad SMARTS) is 1. The second-order valence-electron chi connectivity index (χ2n) is 4.19. The molecule has 0 radical (unpaired) electrons. The van der Waals surface area contributed by atoms with Gasteiger partial charge in [0.15, 0.2) is 5.03 Å². The Hall–Kier alpha value is -1.58. The minimum Gasteiger partial charge on any atom is -0.480 e. The Morgan fingerprint density at radius 3 is 2.79 bits per heavy atom. The molecule has 1 aromatic heterocycles. The van der Waals surface area contributed by atoms with E-state index < -0.39 is 22.0 Å². The maximum Gasteiger partial charge on any atom is 0.323 e. The van der Waals surface area contributed by atoms with Crippen molar-refractivity contribution in [2.24, 2.45) is 0 Å². The number of nitrogens with one attached hydrogen (secondary N) is 1. The first-order chi connectivity index (χ1) is 8.93. The van der Waals surface area contributed by atoms with Gasteiger partial charge in [0.05, 0.1) is 5.69 Å². The summed E-state index contributed by atoms with van der Waals surface area (Å²) in [5.41, 5.74) is 0.592. The molecule has 0 aromatic carbocycles. The first-order valence-electron chi connectivity index (χ1n) is 5.68. The SMILES string of the molecule is Cc1ccc(S(=O)(=O)N2CCNCC2C(=O)O)nn1. The number of sulfonamides is 1. The summed E-state index contributed by atoms with van der Waals surface area (Å²) in [5.74, 6) is -1.18. The van der Waals surface area contributed by atoms with Crippen molar-refractivity contribution in [2.75, 3.05) is 19.6 Å². The maximum atomic E-state index is 12.3. The zero-order valence-corrected chi connectivity index (χ0v) is 11.1. The van der Waals surface area contributed by atoms with E-state index in [0.29, 0.717) is 12.2 Å². The van der Waals surface area contributed by atoms with Crippen LogP contribution in [-0.4, -0.2) is 59.7 Å². The fourth-order valence-corrected chi connectivity index (χ4v) is 3.28. The Morgan fingerprint density at radius 2 is 2.21 bits per heavy atom. The van der Waals surface area contributed by atoms with Crippen LogP contribution >= 0.6 is 0 Å². The lowest BCUT2D eigenvalue weighted by Gasteiger charge is -2.31. The van der Waals surface area contributed by atoms with Crippen molar-refractivity contribution in [3.8, 4) is 0 Å². The van der Waals surface area contributed by atoms with Crippen molar-refractivity contribution in [3.63, 3.8) is 0 Å². The van der Waals surface area contributed by atoms with Gasteiger partial charge < -0.3 is 10.4 Å². The first-order valence-corrected chi connectivity index (χ1v) is 7.12. The Labute approximate surface area is 110 Å². The van der Waals surface area contributed by atoms with Crippen LogP contribution in [0.5, 0.6) is 0 Å². The van der Waals surface area contributed by atoms with Gasteiger partial charge in [-0.3, -0.25) is 4.79 Å². The highest BCUT2D eigenvalue weighted by atomic mass is 32.2. The standard InChI is InChI=1S/C10H14N4O4S/c1-7-2-3-9(13-12-7)19(17,18)14-5-4-11-6-8(14)10(15)16/h2-3,8,11H,4-6H2,1H3,(H,15,16). The van der Waals surface area contributed by atoms with Crippen molar-refractivity contribution in [3.05, 3.63) is 17.8 Å². The van der Waals surface area contributed by atoms with Crippen LogP contribution in [0.15, 0.2) is 17.2 Å². The molecule has 0 amide bonds. The van der Waals surface area contributed by atoms with Crippen molar-refractivity contribution in [2.45, 2.75) is 18.0 Å². The summed E-state index contributed by atoms with van der Waals surface area (Å²) in [7, 11) is -3.93. The Morgan fingerprint density at radius 1 is 1.47 bits per heavy atom. The summed E-state index contributed by atoms with van der Waals surface area (Å²) in [5, 5.41) is 19.0. The number of rotatable bonds is 3. The van der Waals surface area contributed by atoms with E-state index in [4.69, 9.17) is 5.11 Å². The molecule has 2 N–H and O–H groups in total. The minimum atomic E-state index is -3.93. The van der Waals surface area contributed by atoms with Crippen LogP contribution in [0.2, 0.25) is 0 Å². The molecular formula is C10H14N4O4S. The van der Waals surface area contributed by atoms with Gasteiger partial charge in [0, 0.05) is 19.6 Å². The third kappa shape index (κ3) is 2.72. The van der Waals surface area contributed by atoms with E-state index in [2.05, 4.69) is 15.5 Å². The third-order valence-electron chi connectivity index (χ3n) is 2.83. The normalized spacial score (nSPS) is 21.2. The average Bonchev–Trinajstić information content (AvgIpc) is 2.39. The number of hydrogen-bond acceptors (Lipinski definition) is 6. The average molecular weight is 286 g/mol. The van der Waals surface area contributed by atoms with Gasteiger partial charge >= 0.3 is 5.97 Å². The highest BCUT2D eigenvalue weighted by Gasteiger charge is 2.38. The molecule has 0 aliphatic carbocycles. The Bertz CT molecular complexity index is 572. The van der Waals surface area contributed by atoms with E-state index in [-0.39, 0.29) is 18.1 Å². The van der Waals surface area contributed by atoms with Gasteiger partial charge in [-0.2, -0.15) is 9.40 Å². The molecule has 1 atom stereocenters. The molecule has 1 unspecified atom stereocenters. The van der Waals surface area contributed by atoms with Crippen LogP contribution < -0.4 is 5.32 Å². The number of carbonyl (C=O) groups is 1. The van der Waals surface area contributed by atoms with E-state index in [9.17, 15) is 13.2 Å². The molecule has 1 aromatic rings. The Kier molecular flexibility index (Phi) is 3.78. The summed E-state index contributed by atoms with van der Waals surface area (Å²) >= 11 is 0. The zero-order valence-electron chi connectivity index (χ0n) is 10.3. The van der Waals surface area contributed by atoms with E-state index >= 15 is 0 Å². The molecule has 1 aliphatic rings. The van der Waals surface area contributed by atoms with Gasteiger partial charge in [-0.05, 0) is 19.1 Å². The lowest BCUT2D eigenvalue weighted by molar-refractivity contribution is -0.141. The summed E-state index contributed by atoms with van der Waals surface area (Å²) in [6.07, 6.45) is 0. The quantitative estimate of drug-likeness (QED) is 0.720. The molecule has 9 heteroatoms. The summed E-state index contributed by atoms with van der Waals surface area (Å²) in [4.78, 5) is 11.1. The highest BCUT2D eigenvalue weighted by molar-refractivity contribution is 7.89. The second-order valence-corrected chi connectivity index (χ2v) is 6.02. The van der Waals surface area contributed by atoms with Crippen LogP contribution in [0.1, 0.15) is 5.69 Å². The monoisotopic (exact) mass is 286 g/mol. The van der Waals surface area contributed by atoms with Gasteiger partial charge in [0.25, 0.3) is 10.0 Å². The molecule has 0 spiro atoms. The summed E-state index contributed by atoms with van der Waals surface area (Å²) in [6, 6.07) is 1.73. The lowest BCUT2D eigenvalue weighted by atomic mass is 10.2. The van der Waals surface area contributed by atoms with E-state index in [0.717, 1.165) is 4.31 Å². The molecule has 2 rings (SSSR count). The first kappa shape index (κ1) is 13.8. The van der Waals surface area contributed by atoms with Gasteiger partial charge in [-0.25, -0.2) is 8.42 Å². The zero-order chi connectivity index (χ0) is 14.0. The topological polar surface area (TPSA) is 112 Å². The van der Waals surface area contributed by atoms with Crippen LogP contribution in [0, 0.1) is 6.92 Å². The van der Waals surface area contributed by atoms with E-state index in [1.165, 1.54) is 12.1 Å². The van der Waals surface area contributed by atoms with Gasteiger partial charge in [0.2, 0.25) is 0 Å². The molecule has 0 bridgehead atoms. The highest BCUT2D eigenvalue weighted by Crippen LogP contribution is 2.17. The molecule has 104 valence electrons. The smallest absolute Gasteiger partial charge is 0.323 e. The fraction of sp³-hybridized carbons (Fsp3) is 0.500. The summed E-state index contributed by atoms with van der Waals surface area (Å²) < 4.78 is 25.6. The van der Waals surface area contributed by atoms with Crippen molar-refractivity contribution in [1.29, 1.82) is 0 Å². The number of carboxylic acids is 1. The number of nitrogens with zero attached hydrogens (tertiary/aromatic N) is 3. The van der Waals surface area contributed by atoms with E-state index in [1.54, 1.807) is 6.92 Å². The molecule has 8 nitrogen and oxygen atoms in total. The molecule has 1 aliphatic heterocycles. The maximum absolute atomic E-state index is 12.3. The van der Waals surface area contributed by atoms with Crippen molar-refractivity contribution in [1.82, 2.24) is 19.8 Å². The summed E-state index contributed by atoms with van der Waals surface area (Å²) in [6.45, 7) is 2.26.